The highest BCUT2D eigenvalue weighted by Crippen LogP contribution is 2.26. The predicted octanol–water partition coefficient (Wildman–Crippen LogP) is 3.76. The van der Waals surface area contributed by atoms with Gasteiger partial charge in [0.05, 0.1) is 12.4 Å². The Balaban J connectivity index is 1.84. The van der Waals surface area contributed by atoms with Gasteiger partial charge in [0, 0.05) is 51.1 Å². The molecule has 2 amide bonds. The van der Waals surface area contributed by atoms with Crippen LogP contribution >= 0.6 is 0 Å². The number of benzene rings is 1. The highest BCUT2D eigenvalue weighted by Gasteiger charge is 2.25. The minimum atomic E-state index is -0.307. The molecule has 0 radical (unpaired) electrons. The van der Waals surface area contributed by atoms with Crippen LogP contribution in [0, 0.1) is 5.92 Å². The molecule has 1 saturated heterocycles. The molecule has 162 valence electrons. The van der Waals surface area contributed by atoms with Crippen molar-refractivity contribution in [1.82, 2.24) is 4.90 Å². The fourth-order valence-electron chi connectivity index (χ4n) is 3.66. The van der Waals surface area contributed by atoms with E-state index in [2.05, 4.69) is 5.32 Å². The third-order valence-electron chi connectivity index (χ3n) is 5.18. The Kier molecular flexibility index (Phi) is 7.15. The molecule has 3 rings (SSSR count). The maximum Gasteiger partial charge on any atom is 0.291 e. The average Bonchev–Trinajstić information content (AvgIpc) is 3.41. The number of furan rings is 1. The first-order chi connectivity index (χ1) is 14.3. The van der Waals surface area contributed by atoms with Crippen LogP contribution in [0.3, 0.4) is 0 Å². The average molecular weight is 414 g/mol. The first-order valence-corrected chi connectivity index (χ1v) is 10.4. The van der Waals surface area contributed by atoms with Crippen molar-refractivity contribution in [3.8, 4) is 0 Å². The Hall–Kier alpha value is -2.80. The third kappa shape index (κ3) is 5.42. The number of ether oxygens (including phenoxy) is 1. The lowest BCUT2D eigenvalue weighted by atomic mass is 10.1. The molecule has 2 aromatic rings. The number of hydrogen-bond donors (Lipinski definition) is 1. The summed E-state index contributed by atoms with van der Waals surface area (Å²) in [5.74, 6) is -0.0578. The van der Waals surface area contributed by atoms with E-state index in [4.69, 9.17) is 9.15 Å². The molecule has 30 heavy (non-hydrogen) atoms. The van der Waals surface area contributed by atoms with Crippen LogP contribution in [0.1, 0.15) is 42.8 Å². The quantitative estimate of drug-likeness (QED) is 0.713. The van der Waals surface area contributed by atoms with Crippen LogP contribution in [0.25, 0.3) is 0 Å². The molecule has 0 saturated carbocycles. The Morgan fingerprint density at radius 1 is 1.23 bits per heavy atom. The standard InChI is InChI=1S/C23H31N3O4/c1-16(2)23(28)26(15-19-7-5-11-29-19)14-17-13-18(9-10-20(17)25(3)4)24-22(27)21-8-6-12-30-21/h6,8-10,12-13,16,19H,5,7,11,14-15H2,1-4H3,(H,24,27)/t19-/m0/s1. The van der Waals surface area contributed by atoms with E-state index in [-0.39, 0.29) is 29.6 Å². The Morgan fingerprint density at radius 2 is 2.03 bits per heavy atom. The van der Waals surface area contributed by atoms with Crippen molar-refractivity contribution in [2.24, 2.45) is 5.92 Å². The monoisotopic (exact) mass is 413 g/mol. The Labute approximate surface area is 178 Å². The number of carbonyl (C=O) groups excluding carboxylic acids is 2. The second kappa shape index (κ2) is 9.80. The zero-order valence-corrected chi connectivity index (χ0v) is 18.2. The summed E-state index contributed by atoms with van der Waals surface area (Å²) in [7, 11) is 3.93. The molecule has 0 bridgehead atoms. The van der Waals surface area contributed by atoms with Crippen LogP contribution in [-0.2, 0) is 16.1 Å². The number of hydrogen-bond acceptors (Lipinski definition) is 5. The van der Waals surface area contributed by atoms with E-state index in [1.54, 1.807) is 12.1 Å². The van der Waals surface area contributed by atoms with Gasteiger partial charge in [0.15, 0.2) is 5.76 Å². The van der Waals surface area contributed by atoms with Crippen LogP contribution in [0.2, 0.25) is 0 Å². The zero-order valence-electron chi connectivity index (χ0n) is 18.2. The van der Waals surface area contributed by atoms with Gasteiger partial charge in [-0.15, -0.1) is 0 Å². The van der Waals surface area contributed by atoms with Gasteiger partial charge in [0.1, 0.15) is 0 Å². The minimum absolute atomic E-state index is 0.0809. The first kappa shape index (κ1) is 21.9. The summed E-state index contributed by atoms with van der Waals surface area (Å²) in [6.45, 7) is 5.61. The van der Waals surface area contributed by atoms with E-state index in [1.807, 2.05) is 55.9 Å². The molecule has 0 aliphatic carbocycles. The molecule has 1 aliphatic rings. The van der Waals surface area contributed by atoms with Crippen molar-refractivity contribution >= 4 is 23.2 Å². The van der Waals surface area contributed by atoms with Gasteiger partial charge in [-0.3, -0.25) is 9.59 Å². The number of carbonyl (C=O) groups is 2. The van der Waals surface area contributed by atoms with E-state index in [0.29, 0.717) is 18.8 Å². The van der Waals surface area contributed by atoms with Crippen LogP contribution in [0.15, 0.2) is 41.0 Å². The van der Waals surface area contributed by atoms with Crippen molar-refractivity contribution in [2.75, 3.05) is 37.5 Å². The van der Waals surface area contributed by atoms with E-state index in [1.165, 1.54) is 6.26 Å². The van der Waals surface area contributed by atoms with Crippen LogP contribution in [-0.4, -0.2) is 50.1 Å². The van der Waals surface area contributed by atoms with E-state index < -0.39 is 0 Å². The molecule has 1 N–H and O–H groups in total. The Bertz CT molecular complexity index is 855. The van der Waals surface area contributed by atoms with E-state index in [9.17, 15) is 9.59 Å². The summed E-state index contributed by atoms with van der Waals surface area (Å²) in [6.07, 6.45) is 3.56. The van der Waals surface area contributed by atoms with E-state index in [0.717, 1.165) is 30.7 Å². The summed E-state index contributed by atoms with van der Waals surface area (Å²) in [5, 5.41) is 2.87. The topological polar surface area (TPSA) is 75.0 Å². The molecule has 1 fully saturated rings. The molecular weight excluding hydrogens is 382 g/mol. The summed E-state index contributed by atoms with van der Waals surface area (Å²) in [4.78, 5) is 29.2. The van der Waals surface area contributed by atoms with Crippen molar-refractivity contribution in [1.29, 1.82) is 0 Å². The van der Waals surface area contributed by atoms with Gasteiger partial charge in [0.2, 0.25) is 5.91 Å². The molecule has 7 nitrogen and oxygen atoms in total. The van der Waals surface area contributed by atoms with Gasteiger partial charge < -0.3 is 24.3 Å². The first-order valence-electron chi connectivity index (χ1n) is 10.4. The van der Waals surface area contributed by atoms with Crippen molar-refractivity contribution in [2.45, 2.75) is 39.3 Å². The van der Waals surface area contributed by atoms with Crippen LogP contribution in [0.5, 0.6) is 0 Å². The van der Waals surface area contributed by atoms with Crippen LogP contribution < -0.4 is 10.2 Å². The number of nitrogens with zero attached hydrogens (tertiary/aromatic N) is 2. The number of anilines is 2. The molecule has 0 unspecified atom stereocenters. The molecular formula is C23H31N3O4. The summed E-state index contributed by atoms with van der Waals surface area (Å²) in [6, 6.07) is 9.03. The summed E-state index contributed by atoms with van der Waals surface area (Å²) in [5.41, 5.74) is 2.62. The van der Waals surface area contributed by atoms with Gasteiger partial charge in [-0.25, -0.2) is 0 Å². The molecule has 1 aliphatic heterocycles. The fraction of sp³-hybridized carbons (Fsp3) is 0.478. The number of rotatable bonds is 8. The third-order valence-corrected chi connectivity index (χ3v) is 5.18. The van der Waals surface area contributed by atoms with Gasteiger partial charge in [-0.2, -0.15) is 0 Å². The zero-order chi connectivity index (χ0) is 21.7. The molecule has 1 aromatic carbocycles. The molecule has 1 aromatic heterocycles. The second-order valence-corrected chi connectivity index (χ2v) is 8.18. The van der Waals surface area contributed by atoms with Crippen molar-refractivity contribution < 1.29 is 18.7 Å². The largest absolute Gasteiger partial charge is 0.459 e. The lowest BCUT2D eigenvalue weighted by molar-refractivity contribution is -0.136. The fourth-order valence-corrected chi connectivity index (χ4v) is 3.66. The predicted molar refractivity (Wildman–Crippen MR) is 117 cm³/mol. The summed E-state index contributed by atoms with van der Waals surface area (Å²) >= 11 is 0. The van der Waals surface area contributed by atoms with E-state index >= 15 is 0 Å². The van der Waals surface area contributed by atoms with Crippen LogP contribution in [0.4, 0.5) is 11.4 Å². The molecule has 7 heteroatoms. The number of amides is 2. The SMILES string of the molecule is CC(C)C(=O)N(Cc1cc(NC(=O)c2ccco2)ccc1N(C)C)C[C@@H]1CCCO1. The maximum absolute atomic E-state index is 12.9. The number of nitrogens with one attached hydrogen (secondary N) is 1. The minimum Gasteiger partial charge on any atom is -0.459 e. The smallest absolute Gasteiger partial charge is 0.291 e. The lowest BCUT2D eigenvalue weighted by Gasteiger charge is -2.29. The van der Waals surface area contributed by atoms with Gasteiger partial charge >= 0.3 is 0 Å². The Morgan fingerprint density at radius 3 is 2.63 bits per heavy atom. The summed E-state index contributed by atoms with van der Waals surface area (Å²) < 4.78 is 10.9. The normalized spacial score (nSPS) is 16.0. The highest BCUT2D eigenvalue weighted by atomic mass is 16.5. The maximum atomic E-state index is 12.9. The molecule has 0 spiro atoms. The lowest BCUT2D eigenvalue weighted by Crippen LogP contribution is -2.39. The van der Waals surface area contributed by atoms with Gasteiger partial charge in [0.25, 0.3) is 5.91 Å². The molecule has 2 heterocycles. The van der Waals surface area contributed by atoms with Crippen molar-refractivity contribution in [3.63, 3.8) is 0 Å². The van der Waals surface area contributed by atoms with Gasteiger partial charge in [-0.05, 0) is 48.7 Å². The van der Waals surface area contributed by atoms with Gasteiger partial charge in [-0.1, -0.05) is 13.8 Å². The van der Waals surface area contributed by atoms with Crippen molar-refractivity contribution in [3.05, 3.63) is 47.9 Å². The second-order valence-electron chi connectivity index (χ2n) is 8.18. The highest BCUT2D eigenvalue weighted by molar-refractivity contribution is 6.02. The molecule has 1 atom stereocenters.